The van der Waals surface area contributed by atoms with E-state index in [0.29, 0.717) is 27.6 Å². The molecule has 220 valence electrons. The lowest BCUT2D eigenvalue weighted by Gasteiger charge is -2.29. The van der Waals surface area contributed by atoms with E-state index in [2.05, 4.69) is 45.9 Å². The molecule has 1 amide bonds. The van der Waals surface area contributed by atoms with Crippen LogP contribution >= 0.6 is 22.9 Å². The van der Waals surface area contributed by atoms with Gasteiger partial charge in [0, 0.05) is 34.2 Å². The largest absolute Gasteiger partial charge is 0.339 e. The molecule has 0 atom stereocenters. The summed E-state index contributed by atoms with van der Waals surface area (Å²) in [5.74, 6) is 0.269. The summed E-state index contributed by atoms with van der Waals surface area (Å²) in [6, 6.07) is 15.7. The molecule has 0 bridgehead atoms. The van der Waals surface area contributed by atoms with Crippen molar-refractivity contribution in [2.24, 2.45) is 5.92 Å². The third kappa shape index (κ3) is 5.97. The van der Waals surface area contributed by atoms with Crippen LogP contribution in [0.25, 0.3) is 27.5 Å². The molecule has 2 aromatic carbocycles. The molecule has 5 nitrogen and oxygen atoms in total. The number of pyridine rings is 1. The van der Waals surface area contributed by atoms with E-state index in [1.54, 1.807) is 0 Å². The first-order chi connectivity index (χ1) is 20.2. The summed E-state index contributed by atoms with van der Waals surface area (Å²) in [4.78, 5) is 37.0. The van der Waals surface area contributed by atoms with Crippen LogP contribution in [0.2, 0.25) is 5.02 Å². The van der Waals surface area contributed by atoms with Gasteiger partial charge in [-0.15, -0.1) is 11.3 Å². The first-order valence-electron chi connectivity index (χ1n) is 15.2. The van der Waals surface area contributed by atoms with Crippen LogP contribution in [0, 0.1) is 12.8 Å². The Kier molecular flexibility index (Phi) is 9.34. The maximum absolute atomic E-state index is 14.7. The standard InChI is InChI=1S/C35H40ClN3O2S/c1-6-24-12-11-13-25(7-2)32(24)39-30(20-22(3)4)28(34(40)38-18-9-8-10-19-38)21-29(35(39)41)33-37-31(23(5)42-33)26-14-16-27(36)17-15-26/h11-17,21-22H,6-10,18-20H2,1-5H3. The summed E-state index contributed by atoms with van der Waals surface area (Å²) in [5.41, 5.74) is 6.69. The van der Waals surface area contributed by atoms with Gasteiger partial charge in [-0.3, -0.25) is 14.2 Å². The number of amides is 1. The number of carbonyl (C=O) groups is 1. The molecule has 42 heavy (non-hydrogen) atoms. The second-order valence-corrected chi connectivity index (χ2v) is 13.2. The van der Waals surface area contributed by atoms with Crippen LogP contribution in [-0.4, -0.2) is 33.4 Å². The van der Waals surface area contributed by atoms with Crippen molar-refractivity contribution in [1.29, 1.82) is 0 Å². The lowest BCUT2D eigenvalue weighted by atomic mass is 9.96. The molecule has 0 N–H and O–H groups in total. The van der Waals surface area contributed by atoms with E-state index in [-0.39, 0.29) is 17.4 Å². The third-order valence-corrected chi connectivity index (χ3v) is 9.37. The van der Waals surface area contributed by atoms with Gasteiger partial charge >= 0.3 is 0 Å². The molecule has 1 fully saturated rings. The van der Waals surface area contributed by atoms with Gasteiger partial charge in [0.05, 0.1) is 22.5 Å². The lowest BCUT2D eigenvalue weighted by molar-refractivity contribution is 0.0722. The quantitative estimate of drug-likeness (QED) is 0.203. The Balaban J connectivity index is 1.82. The van der Waals surface area contributed by atoms with Gasteiger partial charge < -0.3 is 4.90 Å². The maximum atomic E-state index is 14.7. The van der Waals surface area contributed by atoms with Gasteiger partial charge in [-0.05, 0) is 80.7 Å². The van der Waals surface area contributed by atoms with Crippen LogP contribution in [0.4, 0.5) is 0 Å². The SMILES string of the molecule is CCc1cccc(CC)c1-n1c(CC(C)C)c(C(=O)N2CCCCC2)cc(-c2nc(-c3ccc(Cl)cc3)c(C)s2)c1=O. The zero-order chi connectivity index (χ0) is 30.0. The van der Waals surface area contributed by atoms with Crippen LogP contribution in [-0.2, 0) is 19.3 Å². The number of likely N-dealkylation sites (tertiary alicyclic amines) is 1. The van der Waals surface area contributed by atoms with Crippen molar-refractivity contribution in [2.75, 3.05) is 13.1 Å². The van der Waals surface area contributed by atoms with Crippen LogP contribution in [0.5, 0.6) is 0 Å². The molecule has 1 aliphatic rings. The molecular weight excluding hydrogens is 562 g/mol. The number of halogens is 1. The van der Waals surface area contributed by atoms with Gasteiger partial charge in [0.1, 0.15) is 5.01 Å². The number of rotatable bonds is 8. The molecule has 0 aliphatic carbocycles. The van der Waals surface area contributed by atoms with E-state index in [1.165, 1.54) is 11.3 Å². The van der Waals surface area contributed by atoms with E-state index in [9.17, 15) is 9.59 Å². The zero-order valence-corrected chi connectivity index (χ0v) is 26.9. The molecule has 0 spiro atoms. The minimum absolute atomic E-state index is 0.0126. The van der Waals surface area contributed by atoms with Crippen molar-refractivity contribution in [3.63, 3.8) is 0 Å². The predicted octanol–water partition coefficient (Wildman–Crippen LogP) is 8.54. The second kappa shape index (κ2) is 13.0. The van der Waals surface area contributed by atoms with Gasteiger partial charge in [0.25, 0.3) is 11.5 Å². The van der Waals surface area contributed by atoms with Crippen molar-refractivity contribution in [2.45, 2.75) is 73.1 Å². The molecule has 1 aliphatic heterocycles. The van der Waals surface area contributed by atoms with Crippen molar-refractivity contribution in [3.05, 3.63) is 91.2 Å². The van der Waals surface area contributed by atoms with Gasteiger partial charge in [-0.25, -0.2) is 4.98 Å². The minimum atomic E-state index is -0.118. The number of nitrogens with zero attached hydrogens (tertiary/aromatic N) is 3. The number of benzene rings is 2. The van der Waals surface area contributed by atoms with Crippen molar-refractivity contribution < 1.29 is 4.79 Å². The normalized spacial score (nSPS) is 13.6. The van der Waals surface area contributed by atoms with Gasteiger partial charge in [0.2, 0.25) is 0 Å². The number of hydrogen-bond acceptors (Lipinski definition) is 4. The zero-order valence-electron chi connectivity index (χ0n) is 25.3. The molecule has 7 heteroatoms. The molecule has 2 aromatic heterocycles. The molecular formula is C35H40ClN3O2S. The Hall–Kier alpha value is -3.22. The summed E-state index contributed by atoms with van der Waals surface area (Å²) < 4.78 is 1.88. The number of piperidine rings is 1. The number of hydrogen-bond donors (Lipinski definition) is 0. The highest BCUT2D eigenvalue weighted by molar-refractivity contribution is 7.15. The number of thiazole rings is 1. The average Bonchev–Trinajstić information content (AvgIpc) is 3.38. The molecule has 0 saturated carbocycles. The van der Waals surface area contributed by atoms with E-state index in [4.69, 9.17) is 16.6 Å². The molecule has 3 heterocycles. The summed E-state index contributed by atoms with van der Waals surface area (Å²) in [6.07, 6.45) is 5.35. The Morgan fingerprint density at radius 1 is 1.00 bits per heavy atom. The van der Waals surface area contributed by atoms with Crippen LogP contribution in [0.1, 0.15) is 79.0 Å². The van der Waals surface area contributed by atoms with Gasteiger partial charge in [-0.1, -0.05) is 69.6 Å². The van der Waals surface area contributed by atoms with Gasteiger partial charge in [-0.2, -0.15) is 0 Å². The minimum Gasteiger partial charge on any atom is -0.339 e. The first-order valence-corrected chi connectivity index (χ1v) is 16.4. The van der Waals surface area contributed by atoms with Crippen molar-refractivity contribution in [1.82, 2.24) is 14.5 Å². The Labute approximate surface area is 258 Å². The van der Waals surface area contributed by atoms with E-state index < -0.39 is 0 Å². The molecule has 5 rings (SSSR count). The smallest absolute Gasteiger partial charge is 0.265 e. The maximum Gasteiger partial charge on any atom is 0.265 e. The Bertz CT molecular complexity index is 1620. The summed E-state index contributed by atoms with van der Waals surface area (Å²) >= 11 is 7.65. The van der Waals surface area contributed by atoms with Crippen LogP contribution in [0.3, 0.4) is 0 Å². The van der Waals surface area contributed by atoms with Crippen LogP contribution in [0.15, 0.2) is 53.3 Å². The number of carbonyl (C=O) groups excluding carboxylic acids is 1. The van der Waals surface area contributed by atoms with Crippen molar-refractivity contribution >= 4 is 28.8 Å². The third-order valence-electron chi connectivity index (χ3n) is 8.11. The second-order valence-electron chi connectivity index (χ2n) is 11.6. The van der Waals surface area contributed by atoms with Crippen LogP contribution < -0.4 is 5.56 Å². The number of aromatic nitrogens is 2. The fraction of sp³-hybridized carbons (Fsp3) is 0.400. The highest BCUT2D eigenvalue weighted by Crippen LogP contribution is 2.35. The van der Waals surface area contributed by atoms with E-state index in [0.717, 1.165) is 83.8 Å². The highest BCUT2D eigenvalue weighted by Gasteiger charge is 2.28. The summed E-state index contributed by atoms with van der Waals surface area (Å²) in [7, 11) is 0. The fourth-order valence-electron chi connectivity index (χ4n) is 5.97. The molecule has 0 unspecified atom stereocenters. The highest BCUT2D eigenvalue weighted by atomic mass is 35.5. The monoisotopic (exact) mass is 601 g/mol. The van der Waals surface area contributed by atoms with E-state index in [1.807, 2.05) is 46.7 Å². The first kappa shape index (κ1) is 30.2. The fourth-order valence-corrected chi connectivity index (χ4v) is 7.04. The molecule has 1 saturated heterocycles. The summed E-state index contributed by atoms with van der Waals surface area (Å²) in [6.45, 7) is 12.1. The average molecular weight is 602 g/mol. The molecule has 0 radical (unpaired) electrons. The van der Waals surface area contributed by atoms with Crippen molar-refractivity contribution in [3.8, 4) is 27.5 Å². The topological polar surface area (TPSA) is 55.2 Å². The van der Waals surface area contributed by atoms with Gasteiger partial charge in [0.15, 0.2) is 0 Å². The lowest BCUT2D eigenvalue weighted by Crippen LogP contribution is -2.38. The summed E-state index contributed by atoms with van der Waals surface area (Å²) in [5, 5.41) is 1.30. The number of para-hydroxylation sites is 1. The Morgan fingerprint density at radius 2 is 1.64 bits per heavy atom. The molecule has 4 aromatic rings. The van der Waals surface area contributed by atoms with E-state index >= 15 is 0 Å². The Morgan fingerprint density at radius 3 is 2.24 bits per heavy atom. The predicted molar refractivity (Wildman–Crippen MR) is 175 cm³/mol. The number of aryl methyl sites for hydroxylation is 3.